The van der Waals surface area contributed by atoms with Gasteiger partial charge in [0.15, 0.2) is 0 Å². The lowest BCUT2D eigenvalue weighted by molar-refractivity contribution is 0.696. The van der Waals surface area contributed by atoms with Crippen molar-refractivity contribution in [2.24, 2.45) is 0 Å². The van der Waals surface area contributed by atoms with E-state index in [1.54, 1.807) is 27.3 Å². The highest BCUT2D eigenvalue weighted by molar-refractivity contribution is 7.13. The fourth-order valence-electron chi connectivity index (χ4n) is 2.22. The minimum absolute atomic E-state index is 0.332. The molecule has 0 fully saturated rings. The quantitative estimate of drug-likeness (QED) is 0.920. The highest BCUT2D eigenvalue weighted by Crippen LogP contribution is 2.34. The molecule has 2 aromatic rings. The molecule has 0 aliphatic heterocycles. The number of fused-ring (bicyclic) bond motifs is 1. The van der Waals surface area contributed by atoms with Gasteiger partial charge in [0, 0.05) is 9.75 Å². The Kier molecular flexibility index (Phi) is 3.11. The average molecular weight is 265 g/mol. The molecule has 0 radical (unpaired) electrons. The van der Waals surface area contributed by atoms with Crippen LogP contribution in [0.15, 0.2) is 11.6 Å². The maximum atomic E-state index is 4.03. The molecule has 0 bridgehead atoms. The minimum atomic E-state index is 0.332. The van der Waals surface area contributed by atoms with Crippen molar-refractivity contribution in [2.45, 2.75) is 38.6 Å². The minimum Gasteiger partial charge on any atom is -0.353 e. The molecule has 2 aromatic heterocycles. The van der Waals surface area contributed by atoms with E-state index in [-0.39, 0.29) is 0 Å². The van der Waals surface area contributed by atoms with E-state index in [0.717, 1.165) is 5.13 Å². The molecule has 1 N–H and O–H groups in total. The Morgan fingerprint density at radius 2 is 2.24 bits per heavy atom. The molecule has 1 atom stereocenters. The van der Waals surface area contributed by atoms with Crippen molar-refractivity contribution in [3.8, 4) is 0 Å². The van der Waals surface area contributed by atoms with Crippen LogP contribution in [0.5, 0.6) is 0 Å². The van der Waals surface area contributed by atoms with Crippen LogP contribution in [0.2, 0.25) is 0 Å². The maximum Gasteiger partial charge on any atom is 0.205 e. The molecule has 1 aliphatic rings. The predicted octanol–water partition coefficient (Wildman–Crippen LogP) is 3.65. The molecule has 0 aromatic carbocycles. The van der Waals surface area contributed by atoms with E-state index in [9.17, 15) is 0 Å². The van der Waals surface area contributed by atoms with Crippen LogP contribution in [-0.2, 0) is 12.8 Å². The summed E-state index contributed by atoms with van der Waals surface area (Å²) >= 11 is 3.51. The van der Waals surface area contributed by atoms with E-state index in [0.29, 0.717) is 6.04 Å². The molecule has 1 aliphatic carbocycles. The number of aryl methyl sites for hydroxylation is 2. The summed E-state index contributed by atoms with van der Waals surface area (Å²) in [6.45, 7) is 2.19. The summed E-state index contributed by atoms with van der Waals surface area (Å²) in [6.07, 6.45) is 5.23. The number of nitrogens with zero attached hydrogens (tertiary/aromatic N) is 2. The molecule has 90 valence electrons. The molecular formula is C12H15N3S2. The molecule has 2 heterocycles. The van der Waals surface area contributed by atoms with Crippen molar-refractivity contribution >= 4 is 27.8 Å². The standard InChI is InChI=1S/C12H15N3S2/c1-8(14-12-15-13-7-16-12)11-6-9-4-2-3-5-10(9)17-11/h6-8H,2-5H2,1H3,(H,14,15). The highest BCUT2D eigenvalue weighted by atomic mass is 32.1. The van der Waals surface area contributed by atoms with Crippen LogP contribution < -0.4 is 5.32 Å². The van der Waals surface area contributed by atoms with E-state index in [1.807, 2.05) is 11.3 Å². The third-order valence-electron chi connectivity index (χ3n) is 3.14. The van der Waals surface area contributed by atoms with Gasteiger partial charge in [0.05, 0.1) is 6.04 Å². The first kappa shape index (κ1) is 11.2. The first-order valence-electron chi connectivity index (χ1n) is 5.97. The van der Waals surface area contributed by atoms with E-state index in [2.05, 4.69) is 28.5 Å². The summed E-state index contributed by atoms with van der Waals surface area (Å²) in [4.78, 5) is 3.02. The summed E-state index contributed by atoms with van der Waals surface area (Å²) in [6, 6.07) is 2.70. The van der Waals surface area contributed by atoms with Crippen molar-refractivity contribution in [3.05, 3.63) is 26.9 Å². The fourth-order valence-corrected chi connectivity index (χ4v) is 4.01. The van der Waals surface area contributed by atoms with Crippen molar-refractivity contribution in [2.75, 3.05) is 5.32 Å². The summed E-state index contributed by atoms with van der Waals surface area (Å²) in [5.74, 6) is 0. The molecule has 0 spiro atoms. The van der Waals surface area contributed by atoms with Crippen LogP contribution in [0, 0.1) is 0 Å². The highest BCUT2D eigenvalue weighted by Gasteiger charge is 2.16. The first-order chi connectivity index (χ1) is 8.33. The van der Waals surface area contributed by atoms with Gasteiger partial charge in [-0.25, -0.2) is 0 Å². The third kappa shape index (κ3) is 2.35. The van der Waals surface area contributed by atoms with Crippen LogP contribution in [-0.4, -0.2) is 10.2 Å². The predicted molar refractivity (Wildman–Crippen MR) is 72.9 cm³/mol. The van der Waals surface area contributed by atoms with E-state index < -0.39 is 0 Å². The van der Waals surface area contributed by atoms with Gasteiger partial charge < -0.3 is 5.32 Å². The van der Waals surface area contributed by atoms with Gasteiger partial charge in [-0.15, -0.1) is 21.5 Å². The zero-order valence-electron chi connectivity index (χ0n) is 9.77. The lowest BCUT2D eigenvalue weighted by Crippen LogP contribution is -2.04. The SMILES string of the molecule is CC(Nc1nncs1)c1cc2c(s1)CCCC2. The Morgan fingerprint density at radius 3 is 3.00 bits per heavy atom. The third-order valence-corrected chi connectivity index (χ3v) is 5.18. The van der Waals surface area contributed by atoms with Crippen LogP contribution in [0.25, 0.3) is 0 Å². The molecule has 5 heteroatoms. The number of aromatic nitrogens is 2. The lowest BCUT2D eigenvalue weighted by Gasteiger charge is -2.09. The molecule has 1 unspecified atom stereocenters. The van der Waals surface area contributed by atoms with Crippen LogP contribution in [0.4, 0.5) is 5.13 Å². The summed E-state index contributed by atoms with van der Waals surface area (Å²) in [7, 11) is 0. The monoisotopic (exact) mass is 265 g/mol. The normalized spacial score (nSPS) is 16.5. The van der Waals surface area contributed by atoms with Crippen LogP contribution in [0.3, 0.4) is 0 Å². The average Bonchev–Trinajstić information content (AvgIpc) is 2.96. The largest absolute Gasteiger partial charge is 0.353 e. The van der Waals surface area contributed by atoms with Gasteiger partial charge >= 0.3 is 0 Å². The number of anilines is 1. The topological polar surface area (TPSA) is 37.8 Å². The van der Waals surface area contributed by atoms with Gasteiger partial charge in [-0.1, -0.05) is 11.3 Å². The zero-order chi connectivity index (χ0) is 11.7. The van der Waals surface area contributed by atoms with Crippen molar-refractivity contribution < 1.29 is 0 Å². The molecule has 3 rings (SSSR count). The molecule has 0 saturated heterocycles. The van der Waals surface area contributed by atoms with Gasteiger partial charge in [0.1, 0.15) is 5.51 Å². The molecular weight excluding hydrogens is 250 g/mol. The molecule has 17 heavy (non-hydrogen) atoms. The summed E-state index contributed by atoms with van der Waals surface area (Å²) in [5.41, 5.74) is 3.33. The fraction of sp³-hybridized carbons (Fsp3) is 0.500. The maximum absolute atomic E-state index is 4.03. The van der Waals surface area contributed by atoms with E-state index in [4.69, 9.17) is 0 Å². The van der Waals surface area contributed by atoms with Gasteiger partial charge in [-0.05, 0) is 44.2 Å². The van der Waals surface area contributed by atoms with Gasteiger partial charge in [0.2, 0.25) is 5.13 Å². The van der Waals surface area contributed by atoms with Gasteiger partial charge in [-0.2, -0.15) is 0 Å². The number of hydrogen-bond donors (Lipinski definition) is 1. The van der Waals surface area contributed by atoms with E-state index >= 15 is 0 Å². The summed E-state index contributed by atoms with van der Waals surface area (Å²) < 4.78 is 0. The Balaban J connectivity index is 1.77. The molecule has 3 nitrogen and oxygen atoms in total. The second-order valence-corrected chi connectivity index (χ2v) is 6.42. The number of rotatable bonds is 3. The van der Waals surface area contributed by atoms with Gasteiger partial charge in [-0.3, -0.25) is 0 Å². The van der Waals surface area contributed by atoms with Gasteiger partial charge in [0.25, 0.3) is 0 Å². The number of hydrogen-bond acceptors (Lipinski definition) is 5. The van der Waals surface area contributed by atoms with Crippen molar-refractivity contribution in [3.63, 3.8) is 0 Å². The number of nitrogens with one attached hydrogen (secondary N) is 1. The Morgan fingerprint density at radius 1 is 1.35 bits per heavy atom. The number of thiophene rings is 1. The Bertz CT molecular complexity index is 466. The second kappa shape index (κ2) is 4.74. The molecule has 0 saturated carbocycles. The summed E-state index contributed by atoms with van der Waals surface area (Å²) in [5, 5.41) is 12.2. The Hall–Kier alpha value is -0.940. The van der Waals surface area contributed by atoms with Crippen molar-refractivity contribution in [1.82, 2.24) is 10.2 Å². The van der Waals surface area contributed by atoms with Crippen LogP contribution in [0.1, 0.15) is 41.1 Å². The molecule has 0 amide bonds. The van der Waals surface area contributed by atoms with Crippen molar-refractivity contribution in [1.29, 1.82) is 0 Å². The second-order valence-electron chi connectivity index (χ2n) is 4.41. The lowest BCUT2D eigenvalue weighted by atomic mass is 9.99. The van der Waals surface area contributed by atoms with E-state index in [1.165, 1.54) is 30.6 Å². The smallest absolute Gasteiger partial charge is 0.205 e. The Labute approximate surface area is 109 Å². The zero-order valence-corrected chi connectivity index (χ0v) is 11.4. The van der Waals surface area contributed by atoms with Crippen LogP contribution >= 0.6 is 22.7 Å². The first-order valence-corrected chi connectivity index (χ1v) is 7.67.